The van der Waals surface area contributed by atoms with Crippen molar-refractivity contribution < 1.29 is 38.1 Å². The monoisotopic (exact) mass is 756 g/mol. The highest BCUT2D eigenvalue weighted by atomic mass is 16.7. The summed E-state index contributed by atoms with van der Waals surface area (Å²) in [5.41, 5.74) is 2.87. The molecule has 292 valence electrons. The molecular formula is C39H48N8O8. The van der Waals surface area contributed by atoms with Crippen LogP contribution in [0.3, 0.4) is 0 Å². The van der Waals surface area contributed by atoms with Crippen molar-refractivity contribution >= 4 is 40.9 Å². The zero-order chi connectivity index (χ0) is 38.7. The van der Waals surface area contributed by atoms with Crippen molar-refractivity contribution in [2.75, 3.05) is 44.6 Å². The highest BCUT2D eigenvalue weighted by Crippen LogP contribution is 2.37. The molecule has 4 aromatic rings. The van der Waals surface area contributed by atoms with Gasteiger partial charge in [0.15, 0.2) is 41.2 Å². The lowest BCUT2D eigenvalue weighted by atomic mass is 9.91. The molecule has 6 rings (SSSR count). The molecule has 2 amide bonds. The molecule has 55 heavy (non-hydrogen) atoms. The van der Waals surface area contributed by atoms with Crippen LogP contribution in [0.5, 0.6) is 0 Å². The molecule has 2 aromatic carbocycles. The smallest absolute Gasteiger partial charge is 0.315 e. The Morgan fingerprint density at radius 1 is 0.836 bits per heavy atom. The van der Waals surface area contributed by atoms with Crippen LogP contribution in [0.15, 0.2) is 67.0 Å². The van der Waals surface area contributed by atoms with Gasteiger partial charge in [-0.2, -0.15) is 0 Å². The van der Waals surface area contributed by atoms with Crippen molar-refractivity contribution in [2.45, 2.75) is 77.0 Å². The summed E-state index contributed by atoms with van der Waals surface area (Å²) >= 11 is 0. The van der Waals surface area contributed by atoms with Gasteiger partial charge in [0.2, 0.25) is 0 Å². The van der Waals surface area contributed by atoms with Crippen LogP contribution in [0.25, 0.3) is 11.2 Å². The van der Waals surface area contributed by atoms with E-state index in [0.29, 0.717) is 30.1 Å². The summed E-state index contributed by atoms with van der Waals surface area (Å²) < 4.78 is 24.3. The first-order chi connectivity index (χ1) is 26.7. The predicted octanol–water partition coefficient (Wildman–Crippen LogP) is 3.68. The zero-order valence-electron chi connectivity index (χ0n) is 31.3. The number of fused-ring (bicyclic) bond motifs is 1. The number of anilines is 1. The van der Waals surface area contributed by atoms with Crippen molar-refractivity contribution in [2.24, 2.45) is 0 Å². The highest BCUT2D eigenvalue weighted by Gasteiger charge is 2.51. The van der Waals surface area contributed by atoms with Gasteiger partial charge in [0.05, 0.1) is 12.9 Å². The average molecular weight is 757 g/mol. The molecule has 2 saturated heterocycles. The topological polar surface area (TPSA) is 188 Å². The lowest BCUT2D eigenvalue weighted by Crippen LogP contribution is -2.41. The minimum absolute atomic E-state index is 0.0177. The number of hydrogen-bond acceptors (Lipinski definition) is 13. The lowest BCUT2D eigenvalue weighted by molar-refractivity contribution is -0.166. The number of carbonyl (C=O) groups is 4. The van der Waals surface area contributed by atoms with E-state index in [2.05, 4.69) is 50.1 Å². The van der Waals surface area contributed by atoms with Crippen LogP contribution < -0.4 is 16.0 Å². The summed E-state index contributed by atoms with van der Waals surface area (Å²) in [6.07, 6.45) is 0.702. The van der Waals surface area contributed by atoms with Crippen molar-refractivity contribution in [3.63, 3.8) is 0 Å². The van der Waals surface area contributed by atoms with Gasteiger partial charge in [-0.1, -0.05) is 67.1 Å². The third kappa shape index (κ3) is 10.3. The van der Waals surface area contributed by atoms with Crippen molar-refractivity contribution in [3.8, 4) is 0 Å². The van der Waals surface area contributed by atoms with Crippen LogP contribution in [0.2, 0.25) is 0 Å². The number of nitrogens with one attached hydrogen (secondary N) is 3. The van der Waals surface area contributed by atoms with Crippen LogP contribution in [-0.4, -0.2) is 106 Å². The fourth-order valence-electron chi connectivity index (χ4n) is 7.00. The van der Waals surface area contributed by atoms with Gasteiger partial charge in [-0.3, -0.25) is 19.0 Å². The number of carbonyl (C=O) groups excluding carboxylic acids is 4. The molecule has 2 fully saturated rings. The quantitative estimate of drug-likeness (QED) is 0.118. The van der Waals surface area contributed by atoms with Gasteiger partial charge in [-0.15, -0.1) is 0 Å². The van der Waals surface area contributed by atoms with Crippen LogP contribution in [0.1, 0.15) is 69.1 Å². The maximum absolute atomic E-state index is 12.9. The van der Waals surface area contributed by atoms with E-state index in [9.17, 15) is 19.2 Å². The molecular weight excluding hydrogens is 708 g/mol. The first-order valence-corrected chi connectivity index (χ1v) is 18.6. The van der Waals surface area contributed by atoms with Gasteiger partial charge in [0.25, 0.3) is 0 Å². The Kier molecular flexibility index (Phi) is 13.2. The number of benzene rings is 2. The Morgan fingerprint density at radius 2 is 1.49 bits per heavy atom. The number of amides is 2. The van der Waals surface area contributed by atoms with Gasteiger partial charge in [0.1, 0.15) is 12.7 Å². The predicted molar refractivity (Wildman–Crippen MR) is 201 cm³/mol. The number of rotatable bonds is 15. The fourth-order valence-corrected chi connectivity index (χ4v) is 7.00. The number of piperidine rings is 1. The minimum Gasteiger partial charge on any atom is -0.463 e. The summed E-state index contributed by atoms with van der Waals surface area (Å²) in [6.45, 7) is 7.19. The van der Waals surface area contributed by atoms with Gasteiger partial charge in [0, 0.05) is 46.3 Å². The van der Waals surface area contributed by atoms with E-state index in [0.717, 1.165) is 30.8 Å². The summed E-state index contributed by atoms with van der Waals surface area (Å²) in [5, 5.41) is 9.28. The molecule has 4 heterocycles. The molecule has 0 aliphatic carbocycles. The van der Waals surface area contributed by atoms with E-state index >= 15 is 0 Å². The summed E-state index contributed by atoms with van der Waals surface area (Å²) in [5.74, 6) is -1.23. The van der Waals surface area contributed by atoms with E-state index in [-0.39, 0.29) is 30.9 Å². The molecule has 2 aliphatic rings. The number of hydrogen-bond donors (Lipinski definition) is 3. The van der Waals surface area contributed by atoms with Crippen LogP contribution in [0.4, 0.5) is 10.6 Å². The van der Waals surface area contributed by atoms with E-state index < -0.39 is 42.4 Å². The molecule has 3 N–H and O–H groups in total. The normalized spacial score (nSPS) is 19.9. The summed E-state index contributed by atoms with van der Waals surface area (Å²) in [7, 11) is 0. The third-order valence-corrected chi connectivity index (χ3v) is 9.53. The molecule has 4 atom stereocenters. The number of likely N-dealkylation sites (tertiary alicyclic amines) is 1. The standard InChI is InChI=1S/C39H48N8O8/c1-25(48)52-23-31-34(53-26(2)49)35(54-27(3)50)38(55-31)47-24-43-33-36(41-21-30(28-13-7-4-8-14-28)29-15-9-5-10-16-29)44-32(45-37(33)47)22-42-39(51)40-17-20-46-18-11-6-12-19-46/h4-5,7-10,13-16,24,30-31,34-35,38H,6,11-12,17-23H2,1-3H3,(H2,40,42,51)(H,41,44,45). The van der Waals surface area contributed by atoms with Gasteiger partial charge < -0.3 is 39.8 Å². The Bertz CT molecular complexity index is 1880. The number of ether oxygens (including phenoxy) is 4. The summed E-state index contributed by atoms with van der Waals surface area (Å²) in [6, 6.07) is 19.9. The molecule has 2 aliphatic heterocycles. The number of imidazole rings is 1. The van der Waals surface area contributed by atoms with E-state index in [4.69, 9.17) is 28.9 Å². The zero-order valence-corrected chi connectivity index (χ0v) is 31.3. The van der Waals surface area contributed by atoms with Gasteiger partial charge in [-0.25, -0.2) is 19.7 Å². The van der Waals surface area contributed by atoms with Crippen LogP contribution in [0, 0.1) is 0 Å². The Hall–Kier alpha value is -5.61. The molecule has 0 saturated carbocycles. The van der Waals surface area contributed by atoms with Crippen LogP contribution >= 0.6 is 0 Å². The number of esters is 3. The van der Waals surface area contributed by atoms with E-state index in [1.54, 1.807) is 4.57 Å². The minimum atomic E-state index is -1.15. The molecule has 2 aromatic heterocycles. The number of aromatic nitrogens is 4. The van der Waals surface area contributed by atoms with Crippen molar-refractivity contribution in [1.29, 1.82) is 0 Å². The molecule has 16 heteroatoms. The molecule has 0 bridgehead atoms. The van der Waals surface area contributed by atoms with Gasteiger partial charge in [-0.05, 0) is 37.1 Å². The largest absolute Gasteiger partial charge is 0.463 e. The fraction of sp³-hybridized carbons (Fsp3) is 0.462. The molecule has 16 nitrogen and oxygen atoms in total. The lowest BCUT2D eigenvalue weighted by Gasteiger charge is -2.26. The second-order valence-electron chi connectivity index (χ2n) is 13.6. The van der Waals surface area contributed by atoms with E-state index in [1.165, 1.54) is 46.4 Å². The van der Waals surface area contributed by atoms with Gasteiger partial charge >= 0.3 is 23.9 Å². The molecule has 0 spiro atoms. The molecule has 0 radical (unpaired) electrons. The van der Waals surface area contributed by atoms with Crippen molar-refractivity contribution in [3.05, 3.63) is 83.9 Å². The van der Waals surface area contributed by atoms with Crippen molar-refractivity contribution in [1.82, 2.24) is 35.1 Å². The maximum Gasteiger partial charge on any atom is 0.315 e. The third-order valence-electron chi connectivity index (χ3n) is 9.53. The second-order valence-corrected chi connectivity index (χ2v) is 13.6. The maximum atomic E-state index is 12.9. The number of nitrogens with zero attached hydrogens (tertiary/aromatic N) is 5. The van der Waals surface area contributed by atoms with E-state index in [1.807, 2.05) is 36.4 Å². The van der Waals surface area contributed by atoms with Crippen LogP contribution in [-0.2, 0) is 39.9 Å². The summed E-state index contributed by atoms with van der Waals surface area (Å²) in [4.78, 5) is 65.8. The Morgan fingerprint density at radius 3 is 2.13 bits per heavy atom. The Balaban J connectivity index is 1.31. The Labute approximate surface area is 319 Å². The molecule has 4 unspecified atom stereocenters. The first-order valence-electron chi connectivity index (χ1n) is 18.6. The average Bonchev–Trinajstić information content (AvgIpc) is 3.74. The SMILES string of the molecule is CC(=O)OCC1OC(n2cnc3c(NCC(c4ccccc4)c4ccccc4)nc(CNC(=O)NCCN4CCCCC4)nc32)C(OC(C)=O)C1OC(C)=O. The second kappa shape index (κ2) is 18.6. The highest BCUT2D eigenvalue weighted by molar-refractivity contribution is 5.83. The first kappa shape index (κ1) is 39.1. The number of urea groups is 1.